The Morgan fingerprint density at radius 3 is 2.84 bits per heavy atom. The van der Waals surface area contributed by atoms with E-state index in [1.54, 1.807) is 23.1 Å². The largest absolute Gasteiger partial charge is 0.484 e. The first-order valence-corrected chi connectivity index (χ1v) is 9.13. The van der Waals surface area contributed by atoms with Crippen molar-refractivity contribution >= 4 is 46.2 Å². The Morgan fingerprint density at radius 1 is 1.44 bits per heavy atom. The molecule has 0 unspecified atom stereocenters. The van der Waals surface area contributed by atoms with Crippen LogP contribution in [0.1, 0.15) is 18.4 Å². The number of thioether (sulfide) groups is 1. The van der Waals surface area contributed by atoms with Crippen LogP contribution in [0.15, 0.2) is 29.2 Å². The van der Waals surface area contributed by atoms with E-state index >= 15 is 0 Å². The number of nitrogens with two attached hydrogens (primary N) is 1. The number of carbonyl (C=O) groups is 2. The summed E-state index contributed by atoms with van der Waals surface area (Å²) in [6, 6.07) is 7.07. The maximum atomic E-state index is 12.6. The van der Waals surface area contributed by atoms with Gasteiger partial charge in [0, 0.05) is 6.61 Å². The molecule has 2 aliphatic heterocycles. The van der Waals surface area contributed by atoms with Crippen molar-refractivity contribution in [1.29, 1.82) is 0 Å². The molecule has 2 saturated heterocycles. The molecule has 0 aliphatic carbocycles. The van der Waals surface area contributed by atoms with Crippen LogP contribution < -0.4 is 10.5 Å². The van der Waals surface area contributed by atoms with E-state index < -0.39 is 5.91 Å². The van der Waals surface area contributed by atoms with Crippen molar-refractivity contribution in [3.63, 3.8) is 0 Å². The van der Waals surface area contributed by atoms with Gasteiger partial charge < -0.3 is 15.2 Å². The van der Waals surface area contributed by atoms with Crippen LogP contribution in [0, 0.1) is 0 Å². The summed E-state index contributed by atoms with van der Waals surface area (Å²) in [6.07, 6.45) is 3.86. The van der Waals surface area contributed by atoms with Crippen molar-refractivity contribution in [1.82, 2.24) is 4.90 Å². The molecule has 8 heteroatoms. The van der Waals surface area contributed by atoms with Crippen LogP contribution in [-0.4, -0.2) is 46.9 Å². The van der Waals surface area contributed by atoms with E-state index in [4.69, 9.17) is 27.4 Å². The fourth-order valence-electron chi connectivity index (χ4n) is 2.62. The highest BCUT2D eigenvalue weighted by atomic mass is 32.2. The standard InChI is InChI=1S/C17H18N2O4S2/c18-15(20)10-23-12-5-3-11(4-6-12)8-14-16(21)19(17(24)25-14)9-13-2-1-7-22-13/h3-6,8,13H,1-2,7,9-10H2,(H2,18,20)/b14-8-/t13-/m0/s1. The van der Waals surface area contributed by atoms with Gasteiger partial charge in [-0.25, -0.2) is 0 Å². The lowest BCUT2D eigenvalue weighted by molar-refractivity contribution is -0.123. The quantitative estimate of drug-likeness (QED) is 0.602. The molecule has 1 aromatic carbocycles. The lowest BCUT2D eigenvalue weighted by Gasteiger charge is -2.18. The Labute approximate surface area is 155 Å². The molecule has 25 heavy (non-hydrogen) atoms. The number of rotatable bonds is 6. The van der Waals surface area contributed by atoms with Gasteiger partial charge in [-0.1, -0.05) is 36.1 Å². The van der Waals surface area contributed by atoms with E-state index in [0.29, 0.717) is 21.5 Å². The van der Waals surface area contributed by atoms with E-state index in [-0.39, 0.29) is 18.6 Å². The first-order chi connectivity index (χ1) is 12.0. The molecular formula is C17H18N2O4S2. The van der Waals surface area contributed by atoms with Crippen molar-refractivity contribution < 1.29 is 19.1 Å². The van der Waals surface area contributed by atoms with Crippen molar-refractivity contribution in [2.45, 2.75) is 18.9 Å². The fourth-order valence-corrected chi connectivity index (χ4v) is 3.89. The second-order valence-corrected chi connectivity index (χ2v) is 7.43. The Bertz CT molecular complexity index is 712. The van der Waals surface area contributed by atoms with Gasteiger partial charge in [0.15, 0.2) is 6.61 Å². The fraction of sp³-hybridized carbons (Fsp3) is 0.353. The smallest absolute Gasteiger partial charge is 0.266 e. The molecule has 0 aromatic heterocycles. The Kier molecular flexibility index (Phi) is 5.72. The summed E-state index contributed by atoms with van der Waals surface area (Å²) in [5.74, 6) is -0.0690. The Morgan fingerprint density at radius 2 is 2.20 bits per heavy atom. The summed E-state index contributed by atoms with van der Waals surface area (Å²) in [6.45, 7) is 1.10. The molecule has 132 valence electrons. The zero-order valence-corrected chi connectivity index (χ0v) is 15.1. The second kappa shape index (κ2) is 7.99. The summed E-state index contributed by atoms with van der Waals surface area (Å²) < 4.78 is 11.4. The Hall–Kier alpha value is -1.90. The predicted octanol–water partition coefficient (Wildman–Crippen LogP) is 1.93. The summed E-state index contributed by atoms with van der Waals surface area (Å²) in [4.78, 5) is 25.5. The van der Waals surface area contributed by atoms with E-state index in [1.165, 1.54) is 11.8 Å². The van der Waals surface area contributed by atoms with E-state index in [1.807, 2.05) is 12.1 Å². The molecule has 2 aliphatic rings. The van der Waals surface area contributed by atoms with Gasteiger partial charge in [-0.3, -0.25) is 14.5 Å². The molecule has 0 bridgehead atoms. The van der Waals surface area contributed by atoms with Gasteiger partial charge in [0.2, 0.25) is 0 Å². The highest BCUT2D eigenvalue weighted by Crippen LogP contribution is 2.33. The number of nitrogens with zero attached hydrogens (tertiary/aromatic N) is 1. The minimum Gasteiger partial charge on any atom is -0.484 e. The summed E-state index contributed by atoms with van der Waals surface area (Å²) in [5.41, 5.74) is 5.89. The number of hydrogen-bond acceptors (Lipinski definition) is 6. The molecule has 6 nitrogen and oxygen atoms in total. The van der Waals surface area contributed by atoms with Crippen LogP contribution in [-0.2, 0) is 14.3 Å². The van der Waals surface area contributed by atoms with Gasteiger partial charge >= 0.3 is 0 Å². The third-order valence-corrected chi connectivity index (χ3v) is 5.22. The molecule has 2 heterocycles. The molecule has 0 radical (unpaired) electrons. The molecule has 3 rings (SSSR count). The highest BCUT2D eigenvalue weighted by molar-refractivity contribution is 8.26. The van der Waals surface area contributed by atoms with Crippen LogP contribution >= 0.6 is 24.0 Å². The number of hydrogen-bond donors (Lipinski definition) is 1. The first-order valence-electron chi connectivity index (χ1n) is 7.91. The van der Waals surface area contributed by atoms with Gasteiger partial charge in [-0.2, -0.15) is 0 Å². The molecule has 2 amide bonds. The average molecular weight is 378 g/mol. The van der Waals surface area contributed by atoms with Gasteiger partial charge in [0.25, 0.3) is 11.8 Å². The van der Waals surface area contributed by atoms with Crippen molar-refractivity contribution in [2.24, 2.45) is 5.73 Å². The van der Waals surface area contributed by atoms with Crippen LogP contribution in [0.25, 0.3) is 6.08 Å². The van der Waals surface area contributed by atoms with Gasteiger partial charge in [-0.15, -0.1) is 0 Å². The van der Waals surface area contributed by atoms with E-state index in [9.17, 15) is 9.59 Å². The third kappa shape index (κ3) is 4.59. The number of ether oxygens (including phenoxy) is 2. The van der Waals surface area contributed by atoms with E-state index in [0.717, 1.165) is 25.0 Å². The maximum absolute atomic E-state index is 12.6. The molecule has 0 saturated carbocycles. The lowest BCUT2D eigenvalue weighted by Crippen LogP contribution is -2.35. The topological polar surface area (TPSA) is 81.9 Å². The monoisotopic (exact) mass is 378 g/mol. The van der Waals surface area contributed by atoms with Gasteiger partial charge in [0.1, 0.15) is 10.1 Å². The summed E-state index contributed by atoms with van der Waals surface area (Å²) >= 11 is 6.63. The van der Waals surface area contributed by atoms with Crippen LogP contribution in [0.4, 0.5) is 0 Å². The molecule has 1 atom stereocenters. The van der Waals surface area contributed by atoms with Crippen LogP contribution in [0.5, 0.6) is 5.75 Å². The van der Waals surface area contributed by atoms with Crippen LogP contribution in [0.2, 0.25) is 0 Å². The van der Waals surface area contributed by atoms with E-state index in [2.05, 4.69) is 0 Å². The minimum absolute atomic E-state index is 0.0727. The van der Waals surface area contributed by atoms with Gasteiger partial charge in [-0.05, 0) is 36.6 Å². The van der Waals surface area contributed by atoms with Crippen molar-refractivity contribution in [3.8, 4) is 5.75 Å². The average Bonchev–Trinajstić information content (AvgIpc) is 3.19. The van der Waals surface area contributed by atoms with Crippen molar-refractivity contribution in [2.75, 3.05) is 19.8 Å². The second-order valence-electron chi connectivity index (χ2n) is 5.75. The zero-order valence-electron chi connectivity index (χ0n) is 13.5. The first kappa shape index (κ1) is 17.9. The van der Waals surface area contributed by atoms with Crippen LogP contribution in [0.3, 0.4) is 0 Å². The SMILES string of the molecule is NC(=O)COc1ccc(/C=C2\SC(=S)N(C[C@@H]3CCCO3)C2=O)cc1. The number of carbonyl (C=O) groups excluding carboxylic acids is 2. The van der Waals surface area contributed by atoms with Gasteiger partial charge in [0.05, 0.1) is 17.6 Å². The predicted molar refractivity (Wildman–Crippen MR) is 100.0 cm³/mol. The number of primary amides is 1. The Balaban J connectivity index is 1.65. The minimum atomic E-state index is -0.529. The summed E-state index contributed by atoms with van der Waals surface area (Å²) in [5, 5.41) is 0. The highest BCUT2D eigenvalue weighted by Gasteiger charge is 2.34. The molecular weight excluding hydrogens is 360 g/mol. The summed E-state index contributed by atoms with van der Waals surface area (Å²) in [7, 11) is 0. The molecule has 2 fully saturated rings. The van der Waals surface area contributed by atoms with Crippen molar-refractivity contribution in [3.05, 3.63) is 34.7 Å². The number of benzene rings is 1. The normalized spacial score (nSPS) is 22.0. The number of amides is 2. The lowest BCUT2D eigenvalue weighted by atomic mass is 10.2. The third-order valence-electron chi connectivity index (χ3n) is 3.84. The molecule has 2 N–H and O–H groups in total. The number of thiocarbonyl (C=S) groups is 1. The molecule has 0 spiro atoms. The molecule has 1 aromatic rings. The zero-order chi connectivity index (χ0) is 17.8. The maximum Gasteiger partial charge on any atom is 0.266 e.